The molecule has 0 spiro atoms. The molecule has 0 radical (unpaired) electrons. The minimum atomic E-state index is -2.86. The van der Waals surface area contributed by atoms with Crippen molar-refractivity contribution in [3.63, 3.8) is 0 Å². The molecule has 0 bridgehead atoms. The number of hydrogen-bond acceptors (Lipinski definition) is 7. The number of rotatable bonds is 5. The molecule has 2 aromatic heterocycles. The molecule has 0 N–H and O–H groups in total. The van der Waals surface area contributed by atoms with Crippen molar-refractivity contribution in [1.29, 1.82) is 5.26 Å². The molecule has 0 aliphatic heterocycles. The quantitative estimate of drug-likeness (QED) is 0.391. The molecular weight excluding hydrogens is 454 g/mol. The number of fused-ring (bicyclic) bond motifs is 1. The van der Waals surface area contributed by atoms with Crippen LogP contribution in [0.1, 0.15) is 48.9 Å². The predicted molar refractivity (Wildman–Crippen MR) is 131 cm³/mol. The second-order valence-corrected chi connectivity index (χ2v) is 8.31. The first-order valence-electron chi connectivity index (χ1n) is 11.4. The molecule has 1 aliphatic carbocycles. The van der Waals surface area contributed by atoms with E-state index in [4.69, 9.17) is 5.26 Å². The molecule has 3 aromatic rings. The smallest absolute Gasteiger partial charge is 0.355 e. The van der Waals surface area contributed by atoms with Crippen LogP contribution in [0.5, 0.6) is 0 Å². The number of benzene rings is 1. The van der Waals surface area contributed by atoms with Crippen molar-refractivity contribution in [1.82, 2.24) is 14.5 Å². The number of alkyl halides is 2. The molecule has 2 heterocycles. The van der Waals surface area contributed by atoms with E-state index < -0.39 is 6.61 Å². The average Bonchev–Trinajstić information content (AvgIpc) is 2.87. The highest BCUT2D eigenvalue weighted by Gasteiger charge is 2.22. The lowest BCUT2D eigenvalue weighted by Crippen LogP contribution is -2.36. The van der Waals surface area contributed by atoms with E-state index in [2.05, 4.69) is 30.9 Å². The van der Waals surface area contributed by atoms with E-state index in [9.17, 15) is 13.6 Å². The maximum atomic E-state index is 12.1. The zero-order chi connectivity index (χ0) is 25.4. The molecule has 4 rings (SSSR count). The van der Waals surface area contributed by atoms with Gasteiger partial charge in [-0.3, -0.25) is 4.57 Å². The summed E-state index contributed by atoms with van der Waals surface area (Å²) in [6, 6.07) is 13.1. The first-order valence-corrected chi connectivity index (χ1v) is 11.4. The second kappa shape index (κ2) is 12.0. The lowest BCUT2D eigenvalue weighted by molar-refractivity contribution is -0.127. The van der Waals surface area contributed by atoms with Gasteiger partial charge in [-0.15, -0.1) is 0 Å². The molecule has 1 saturated carbocycles. The van der Waals surface area contributed by atoms with Gasteiger partial charge in [0.15, 0.2) is 5.82 Å². The number of hydrogen-bond donors (Lipinski definition) is 0. The van der Waals surface area contributed by atoms with Crippen LogP contribution in [0.2, 0.25) is 0 Å². The van der Waals surface area contributed by atoms with Crippen molar-refractivity contribution >= 4 is 23.1 Å². The second-order valence-electron chi connectivity index (χ2n) is 8.31. The maximum Gasteiger partial charge on any atom is 0.407 e. The Morgan fingerprint density at radius 2 is 1.91 bits per heavy atom. The number of aryl methyl sites for hydroxylation is 2. The molecule has 0 atom stereocenters. The van der Waals surface area contributed by atoms with Gasteiger partial charge in [0.2, 0.25) is 0 Å². The van der Waals surface area contributed by atoms with E-state index in [0.717, 1.165) is 24.0 Å². The van der Waals surface area contributed by atoms with E-state index in [-0.39, 0.29) is 5.69 Å². The first-order chi connectivity index (χ1) is 16.8. The Morgan fingerprint density at radius 3 is 2.57 bits per heavy atom. The fraction of sp³-hybridized carbons (Fsp3) is 0.400. The van der Waals surface area contributed by atoms with Crippen molar-refractivity contribution in [2.45, 2.75) is 51.7 Å². The van der Waals surface area contributed by atoms with Crippen molar-refractivity contribution in [2.75, 3.05) is 11.9 Å². The summed E-state index contributed by atoms with van der Waals surface area (Å²) < 4.78 is 24.5. The fourth-order valence-corrected chi connectivity index (χ4v) is 4.02. The molecule has 1 aromatic carbocycles. The van der Waals surface area contributed by atoms with Crippen LogP contribution in [0.15, 0.2) is 46.3 Å². The molecule has 0 unspecified atom stereocenters. The third-order valence-electron chi connectivity index (χ3n) is 6.03. The van der Waals surface area contributed by atoms with Crippen LogP contribution >= 0.6 is 0 Å². The summed E-state index contributed by atoms with van der Waals surface area (Å²) in [4.78, 5) is 26.5. The number of nitriles is 1. The Kier molecular flexibility index (Phi) is 8.84. The Balaban J connectivity index is 0.000000225. The van der Waals surface area contributed by atoms with Crippen LogP contribution in [0, 0.1) is 18.3 Å². The van der Waals surface area contributed by atoms with E-state index in [1.807, 2.05) is 26.1 Å². The lowest BCUT2D eigenvalue weighted by Gasteiger charge is -2.32. The van der Waals surface area contributed by atoms with Gasteiger partial charge in [-0.1, -0.05) is 48.7 Å². The number of pyridine rings is 1. The Hall–Kier alpha value is -3.87. The average molecular weight is 483 g/mol. The monoisotopic (exact) mass is 482 g/mol. The van der Waals surface area contributed by atoms with Crippen LogP contribution in [0.4, 0.5) is 14.6 Å². The molecule has 184 valence electrons. The highest BCUT2D eigenvalue weighted by Crippen LogP contribution is 2.28. The Labute approximate surface area is 202 Å². The largest absolute Gasteiger partial charge is 0.407 e. The van der Waals surface area contributed by atoms with E-state index in [1.165, 1.54) is 30.0 Å². The maximum absolute atomic E-state index is 12.1. The van der Waals surface area contributed by atoms with Crippen LogP contribution in [0.3, 0.4) is 0 Å². The zero-order valence-corrected chi connectivity index (χ0v) is 20.0. The minimum absolute atomic E-state index is 0.295. The standard InChI is InChI=1S/C16H19N5O.C9H9F2NO/c1-20(12-6-4-3-5-7-12)15-14-13(21(2)16(22)19-15)9-8-11(10-17)18-14;1-7-4-2-3-5-8(7)6-12-13-9(10)11/h8-9,12H,3-7H2,1-2H3;2-6,9H,1H3/b;12-6-. The van der Waals surface area contributed by atoms with Gasteiger partial charge in [-0.2, -0.15) is 19.0 Å². The van der Waals surface area contributed by atoms with Gasteiger partial charge >= 0.3 is 12.3 Å². The summed E-state index contributed by atoms with van der Waals surface area (Å²) in [6.07, 6.45) is 7.15. The predicted octanol–water partition coefficient (Wildman–Crippen LogP) is 4.54. The van der Waals surface area contributed by atoms with Gasteiger partial charge < -0.3 is 9.74 Å². The molecule has 10 heteroatoms. The summed E-state index contributed by atoms with van der Waals surface area (Å²) >= 11 is 0. The number of anilines is 1. The molecule has 0 saturated heterocycles. The summed E-state index contributed by atoms with van der Waals surface area (Å²) in [5.41, 5.74) is 3.10. The van der Waals surface area contributed by atoms with Crippen molar-refractivity contribution in [2.24, 2.45) is 12.2 Å². The number of nitrogens with zero attached hydrogens (tertiary/aromatic N) is 6. The van der Waals surface area contributed by atoms with E-state index >= 15 is 0 Å². The molecule has 35 heavy (non-hydrogen) atoms. The number of aromatic nitrogens is 3. The van der Waals surface area contributed by atoms with Crippen molar-refractivity contribution in [3.05, 3.63) is 63.7 Å². The van der Waals surface area contributed by atoms with Gasteiger partial charge in [-0.05, 0) is 43.0 Å². The zero-order valence-electron chi connectivity index (χ0n) is 20.0. The third kappa shape index (κ3) is 6.59. The highest BCUT2D eigenvalue weighted by molar-refractivity contribution is 5.86. The molecule has 0 amide bonds. The van der Waals surface area contributed by atoms with E-state index in [1.54, 1.807) is 31.3 Å². The third-order valence-corrected chi connectivity index (χ3v) is 6.03. The number of halogens is 2. The van der Waals surface area contributed by atoms with Crippen LogP contribution in [-0.4, -0.2) is 40.5 Å². The van der Waals surface area contributed by atoms with Crippen LogP contribution in [0.25, 0.3) is 11.0 Å². The highest BCUT2D eigenvalue weighted by atomic mass is 19.3. The molecule has 1 aliphatic rings. The summed E-state index contributed by atoms with van der Waals surface area (Å²) in [5, 5.41) is 12.2. The van der Waals surface area contributed by atoms with Crippen LogP contribution in [-0.2, 0) is 11.9 Å². The summed E-state index contributed by atoms with van der Waals surface area (Å²) in [7, 11) is 3.65. The van der Waals surface area contributed by atoms with Crippen LogP contribution < -0.4 is 10.6 Å². The van der Waals surface area contributed by atoms with Gasteiger partial charge in [0.05, 0.1) is 11.7 Å². The SMILES string of the molecule is CN(c1nc(=O)n(C)c2ccc(C#N)nc12)C1CCCCC1.Cc1ccccc1/C=N\OC(F)F. The molecule has 1 fully saturated rings. The number of oxime groups is 1. The topological polar surface area (TPSA) is 96.4 Å². The summed E-state index contributed by atoms with van der Waals surface area (Å²) in [6.45, 7) is -0.996. The lowest BCUT2D eigenvalue weighted by atomic mass is 9.94. The van der Waals surface area contributed by atoms with Crippen molar-refractivity contribution in [3.8, 4) is 6.07 Å². The van der Waals surface area contributed by atoms with Gasteiger partial charge in [0, 0.05) is 20.1 Å². The fourth-order valence-electron chi connectivity index (χ4n) is 4.02. The Morgan fingerprint density at radius 1 is 1.20 bits per heavy atom. The molecular formula is C25H28F2N6O2. The Bertz CT molecular complexity index is 1280. The van der Waals surface area contributed by atoms with Gasteiger partial charge in [0.1, 0.15) is 17.3 Å². The molecule has 8 nitrogen and oxygen atoms in total. The van der Waals surface area contributed by atoms with Gasteiger partial charge in [-0.25, -0.2) is 9.78 Å². The van der Waals surface area contributed by atoms with E-state index in [0.29, 0.717) is 28.6 Å². The van der Waals surface area contributed by atoms with Crippen molar-refractivity contribution < 1.29 is 13.6 Å². The normalized spacial score (nSPS) is 14.0. The summed E-state index contributed by atoms with van der Waals surface area (Å²) in [5.74, 6) is 0.585. The first kappa shape index (κ1) is 25.7. The minimum Gasteiger partial charge on any atom is -0.355 e. The van der Waals surface area contributed by atoms with Gasteiger partial charge in [0.25, 0.3) is 0 Å².